The monoisotopic (exact) mass is 268 g/mol. The number of cyclic esters (lactones) is 2. The lowest BCUT2D eigenvalue weighted by Gasteiger charge is -2.30. The molecule has 1 fully saturated rings. The van der Waals surface area contributed by atoms with Gasteiger partial charge >= 0.3 is 11.9 Å². The summed E-state index contributed by atoms with van der Waals surface area (Å²) in [4.78, 5) is 22.9. The van der Waals surface area contributed by atoms with Gasteiger partial charge in [-0.2, -0.15) is 0 Å². The largest absolute Gasteiger partial charge is 0.445 e. The van der Waals surface area contributed by atoms with E-state index in [2.05, 4.69) is 0 Å². The molecule has 0 N–H and O–H groups in total. The van der Waals surface area contributed by atoms with E-state index in [9.17, 15) is 9.59 Å². The highest BCUT2D eigenvalue weighted by atomic mass is 16.6. The van der Waals surface area contributed by atoms with Crippen molar-refractivity contribution in [1.82, 2.24) is 0 Å². The van der Waals surface area contributed by atoms with Gasteiger partial charge in [0.1, 0.15) is 0 Å². The maximum Gasteiger partial charge on any atom is 0.418 e. The van der Waals surface area contributed by atoms with Crippen LogP contribution in [-0.4, -0.2) is 11.9 Å². The Labute approximate surface area is 115 Å². The number of carbonyl (C=O) groups is 2. The Bertz CT molecular complexity index is 564. The van der Waals surface area contributed by atoms with Crippen LogP contribution in [0.25, 0.3) is 0 Å². The fraction of sp³-hybridized carbons (Fsp3) is 0.125. The van der Waals surface area contributed by atoms with Crippen molar-refractivity contribution in [2.24, 2.45) is 0 Å². The maximum atomic E-state index is 11.5. The van der Waals surface area contributed by atoms with Crippen molar-refractivity contribution in [3.63, 3.8) is 0 Å². The van der Waals surface area contributed by atoms with Crippen LogP contribution in [-0.2, 0) is 19.1 Å². The van der Waals surface area contributed by atoms with Gasteiger partial charge in [-0.15, -0.1) is 0 Å². The van der Waals surface area contributed by atoms with Crippen LogP contribution in [0, 0.1) is 0 Å². The predicted molar refractivity (Wildman–Crippen MR) is 70.6 cm³/mol. The fourth-order valence-corrected chi connectivity index (χ4v) is 2.22. The van der Waals surface area contributed by atoms with Gasteiger partial charge in [-0.3, -0.25) is 0 Å². The zero-order valence-corrected chi connectivity index (χ0v) is 10.6. The van der Waals surface area contributed by atoms with Gasteiger partial charge < -0.3 is 9.47 Å². The second-order valence-electron chi connectivity index (χ2n) is 4.47. The summed E-state index contributed by atoms with van der Waals surface area (Å²) in [5.41, 5.74) is 1.59. The summed E-state index contributed by atoms with van der Waals surface area (Å²) in [5, 5.41) is 0. The minimum Gasteiger partial charge on any atom is -0.445 e. The summed E-state index contributed by atoms with van der Waals surface area (Å²) < 4.78 is 10.5. The number of ether oxygens (including phenoxy) is 2. The summed E-state index contributed by atoms with van der Waals surface area (Å²) in [6, 6.07) is 18.5. The Hall–Kier alpha value is -2.62. The average Bonchev–Trinajstić information content (AvgIpc) is 2.51. The quantitative estimate of drug-likeness (QED) is 0.620. The molecule has 2 atom stereocenters. The van der Waals surface area contributed by atoms with Crippen LogP contribution in [0.1, 0.15) is 23.3 Å². The highest BCUT2D eigenvalue weighted by Crippen LogP contribution is 2.38. The number of benzene rings is 2. The molecule has 0 unspecified atom stereocenters. The van der Waals surface area contributed by atoms with E-state index in [1.165, 1.54) is 0 Å². The van der Waals surface area contributed by atoms with E-state index >= 15 is 0 Å². The third-order valence-corrected chi connectivity index (χ3v) is 3.17. The number of carbonyl (C=O) groups excluding carboxylic acids is 2. The van der Waals surface area contributed by atoms with Crippen LogP contribution >= 0.6 is 0 Å². The third kappa shape index (κ3) is 2.28. The Balaban J connectivity index is 2.00. The molecule has 100 valence electrons. The number of hydrogen-bond donors (Lipinski definition) is 0. The average molecular weight is 268 g/mol. The van der Waals surface area contributed by atoms with Gasteiger partial charge in [0.2, 0.25) is 0 Å². The smallest absolute Gasteiger partial charge is 0.418 e. The number of esters is 2. The minimum atomic E-state index is -0.953. The van der Waals surface area contributed by atoms with Crippen molar-refractivity contribution in [1.29, 1.82) is 0 Å². The Kier molecular flexibility index (Phi) is 3.21. The van der Waals surface area contributed by atoms with E-state index in [0.717, 1.165) is 11.1 Å². The normalized spacial score (nSPS) is 22.0. The molecule has 2 aromatic carbocycles. The van der Waals surface area contributed by atoms with Gasteiger partial charge in [0.05, 0.1) is 0 Å². The first-order chi connectivity index (χ1) is 9.75. The van der Waals surface area contributed by atoms with E-state index in [1.54, 1.807) is 0 Å². The van der Waals surface area contributed by atoms with Crippen LogP contribution < -0.4 is 0 Å². The van der Waals surface area contributed by atoms with Crippen molar-refractivity contribution in [3.05, 3.63) is 71.8 Å². The fourth-order valence-electron chi connectivity index (χ4n) is 2.22. The summed E-state index contributed by atoms with van der Waals surface area (Å²) in [5.74, 6) is -1.91. The zero-order valence-electron chi connectivity index (χ0n) is 10.6. The second-order valence-corrected chi connectivity index (χ2v) is 4.47. The van der Waals surface area contributed by atoms with E-state index in [-0.39, 0.29) is 0 Å². The Morgan fingerprint density at radius 3 is 1.30 bits per heavy atom. The maximum absolute atomic E-state index is 11.5. The molecule has 1 aliphatic rings. The van der Waals surface area contributed by atoms with Crippen LogP contribution in [0.3, 0.4) is 0 Å². The van der Waals surface area contributed by atoms with Gasteiger partial charge in [-0.05, 0) is 11.1 Å². The molecule has 1 saturated heterocycles. The molecule has 0 radical (unpaired) electrons. The third-order valence-electron chi connectivity index (χ3n) is 3.17. The SMILES string of the molecule is O=C1O[C@H](c2ccccc2)[C@H](c2ccccc2)OC1=O. The Morgan fingerprint density at radius 1 is 0.600 bits per heavy atom. The molecular formula is C16H12O4. The molecule has 0 bridgehead atoms. The van der Waals surface area contributed by atoms with E-state index in [1.807, 2.05) is 60.7 Å². The first-order valence-corrected chi connectivity index (χ1v) is 6.27. The molecule has 4 heteroatoms. The molecule has 0 saturated carbocycles. The Morgan fingerprint density at radius 2 is 0.950 bits per heavy atom. The number of hydrogen-bond acceptors (Lipinski definition) is 4. The lowest BCUT2D eigenvalue weighted by Crippen LogP contribution is -2.34. The summed E-state index contributed by atoms with van der Waals surface area (Å²) in [7, 11) is 0. The topological polar surface area (TPSA) is 52.6 Å². The van der Waals surface area contributed by atoms with Gasteiger partial charge in [0, 0.05) is 0 Å². The van der Waals surface area contributed by atoms with E-state index in [0.29, 0.717) is 0 Å². The molecule has 1 heterocycles. The van der Waals surface area contributed by atoms with E-state index in [4.69, 9.17) is 9.47 Å². The van der Waals surface area contributed by atoms with Crippen molar-refractivity contribution < 1.29 is 19.1 Å². The van der Waals surface area contributed by atoms with Crippen LogP contribution in [0.15, 0.2) is 60.7 Å². The van der Waals surface area contributed by atoms with Crippen molar-refractivity contribution >= 4 is 11.9 Å². The molecule has 0 spiro atoms. The van der Waals surface area contributed by atoms with Gasteiger partial charge in [-0.25, -0.2) is 9.59 Å². The molecule has 4 nitrogen and oxygen atoms in total. The van der Waals surface area contributed by atoms with Crippen molar-refractivity contribution in [2.45, 2.75) is 12.2 Å². The highest BCUT2D eigenvalue weighted by molar-refractivity contribution is 6.30. The first kappa shape index (κ1) is 12.4. The molecular weight excluding hydrogens is 256 g/mol. The van der Waals surface area contributed by atoms with Crippen molar-refractivity contribution in [3.8, 4) is 0 Å². The lowest BCUT2D eigenvalue weighted by molar-refractivity contribution is -0.196. The van der Waals surface area contributed by atoms with E-state index < -0.39 is 24.1 Å². The lowest BCUT2D eigenvalue weighted by atomic mass is 9.97. The number of rotatable bonds is 2. The molecule has 0 amide bonds. The van der Waals surface area contributed by atoms with Crippen molar-refractivity contribution in [2.75, 3.05) is 0 Å². The second kappa shape index (κ2) is 5.17. The van der Waals surface area contributed by atoms with Crippen LogP contribution in [0.2, 0.25) is 0 Å². The van der Waals surface area contributed by atoms with Crippen LogP contribution in [0.4, 0.5) is 0 Å². The molecule has 1 aliphatic heterocycles. The zero-order chi connectivity index (χ0) is 13.9. The predicted octanol–water partition coefficient (Wildman–Crippen LogP) is 2.57. The minimum absolute atomic E-state index is 0.621. The summed E-state index contributed by atoms with van der Waals surface area (Å²) >= 11 is 0. The first-order valence-electron chi connectivity index (χ1n) is 6.27. The standard InChI is InChI=1S/C16H12O4/c17-15-16(18)20-14(12-9-5-2-6-10-12)13(19-15)11-7-3-1-4-8-11/h1-10,13-14H/t13-,14+. The van der Waals surface area contributed by atoms with Crippen LogP contribution in [0.5, 0.6) is 0 Å². The summed E-state index contributed by atoms with van der Waals surface area (Å²) in [6.45, 7) is 0. The molecule has 2 aromatic rings. The van der Waals surface area contributed by atoms with Gasteiger partial charge in [-0.1, -0.05) is 60.7 Å². The molecule has 3 rings (SSSR count). The molecule has 0 aliphatic carbocycles. The highest BCUT2D eigenvalue weighted by Gasteiger charge is 2.40. The molecule has 0 aromatic heterocycles. The summed E-state index contributed by atoms with van der Waals surface area (Å²) in [6.07, 6.45) is -1.24. The van der Waals surface area contributed by atoms with Gasteiger partial charge in [0.15, 0.2) is 12.2 Å². The van der Waals surface area contributed by atoms with Gasteiger partial charge in [0.25, 0.3) is 0 Å². The molecule has 20 heavy (non-hydrogen) atoms.